The molecule has 4 heteroatoms. The summed E-state index contributed by atoms with van der Waals surface area (Å²) < 4.78 is 11.1. The lowest BCUT2D eigenvalue weighted by Gasteiger charge is -2.30. The average Bonchev–Trinajstić information content (AvgIpc) is 2.33. The van der Waals surface area contributed by atoms with E-state index in [1.54, 1.807) is 0 Å². The normalized spacial score (nSPS) is 30.8. The monoisotopic (exact) mass is 241 g/mol. The lowest BCUT2D eigenvalue weighted by atomic mass is 10.00. The molecule has 0 aliphatic carbocycles. The number of carbonyl (C=O) groups is 1. The van der Waals surface area contributed by atoms with Crippen molar-refractivity contribution in [2.24, 2.45) is 5.92 Å². The molecule has 0 radical (unpaired) electrons. The van der Waals surface area contributed by atoms with Crippen LogP contribution in [0.15, 0.2) is 0 Å². The Bertz CT molecular complexity index is 251. The van der Waals surface area contributed by atoms with Crippen LogP contribution in [0.5, 0.6) is 0 Å². The van der Waals surface area contributed by atoms with Crippen molar-refractivity contribution < 1.29 is 14.3 Å². The van der Waals surface area contributed by atoms with Crippen LogP contribution >= 0.6 is 0 Å². The molecular formula is C13H23NO3. The van der Waals surface area contributed by atoms with Gasteiger partial charge in [0.25, 0.3) is 0 Å². The molecule has 98 valence electrons. The Labute approximate surface area is 103 Å². The topological polar surface area (TPSA) is 38.8 Å². The summed E-state index contributed by atoms with van der Waals surface area (Å²) in [6.45, 7) is 3.83. The molecule has 0 aromatic heterocycles. The average molecular weight is 241 g/mol. The van der Waals surface area contributed by atoms with Crippen molar-refractivity contribution in [3.05, 3.63) is 0 Å². The van der Waals surface area contributed by atoms with Gasteiger partial charge in [-0.05, 0) is 26.3 Å². The first kappa shape index (κ1) is 13.0. The van der Waals surface area contributed by atoms with Gasteiger partial charge in [-0.3, -0.25) is 4.79 Å². The Morgan fingerprint density at radius 1 is 1.29 bits per heavy atom. The molecule has 2 unspecified atom stereocenters. The standard InChI is InChI=1S/C13H23NO3/c1-14(9-12-4-2-3-6-17-12)8-11-10-16-7-5-13(11)15/h11-12H,2-10H2,1H3. The maximum absolute atomic E-state index is 11.7. The fourth-order valence-electron chi connectivity index (χ4n) is 2.60. The number of hydrogen-bond acceptors (Lipinski definition) is 4. The minimum atomic E-state index is 0.0670. The van der Waals surface area contributed by atoms with Gasteiger partial charge in [-0.15, -0.1) is 0 Å². The molecule has 2 saturated heterocycles. The molecule has 2 aliphatic heterocycles. The van der Waals surface area contributed by atoms with E-state index in [1.807, 2.05) is 0 Å². The van der Waals surface area contributed by atoms with Crippen LogP contribution in [0, 0.1) is 5.92 Å². The maximum Gasteiger partial charge on any atom is 0.141 e. The Kier molecular flexibility index (Phi) is 4.95. The van der Waals surface area contributed by atoms with Gasteiger partial charge in [0.05, 0.1) is 25.2 Å². The first-order chi connectivity index (χ1) is 8.25. The number of nitrogens with zero attached hydrogens (tertiary/aromatic N) is 1. The summed E-state index contributed by atoms with van der Waals surface area (Å²) in [5, 5.41) is 0. The van der Waals surface area contributed by atoms with Crippen molar-refractivity contribution in [2.45, 2.75) is 31.8 Å². The van der Waals surface area contributed by atoms with Gasteiger partial charge in [0.15, 0.2) is 0 Å². The second-order valence-corrected chi connectivity index (χ2v) is 5.20. The molecule has 0 bridgehead atoms. The molecule has 17 heavy (non-hydrogen) atoms. The number of ether oxygens (including phenoxy) is 2. The van der Waals surface area contributed by atoms with Gasteiger partial charge in [0, 0.05) is 26.1 Å². The van der Waals surface area contributed by atoms with E-state index in [2.05, 4.69) is 11.9 Å². The van der Waals surface area contributed by atoms with Gasteiger partial charge >= 0.3 is 0 Å². The first-order valence-electron chi connectivity index (χ1n) is 6.66. The molecular weight excluding hydrogens is 218 g/mol. The number of ketones is 1. The first-order valence-corrected chi connectivity index (χ1v) is 6.66. The Morgan fingerprint density at radius 3 is 2.88 bits per heavy atom. The summed E-state index contributed by atoms with van der Waals surface area (Å²) in [6.07, 6.45) is 4.55. The second kappa shape index (κ2) is 6.47. The van der Waals surface area contributed by atoms with Gasteiger partial charge in [0.1, 0.15) is 5.78 Å². The molecule has 2 rings (SSSR count). The van der Waals surface area contributed by atoms with Crippen molar-refractivity contribution in [3.8, 4) is 0 Å². The van der Waals surface area contributed by atoms with E-state index in [0.29, 0.717) is 31.5 Å². The van der Waals surface area contributed by atoms with Gasteiger partial charge < -0.3 is 14.4 Å². The smallest absolute Gasteiger partial charge is 0.141 e. The number of hydrogen-bond donors (Lipinski definition) is 0. The highest BCUT2D eigenvalue weighted by atomic mass is 16.5. The number of likely N-dealkylation sites (N-methyl/N-ethyl adjacent to an activating group) is 1. The Balaban J connectivity index is 1.71. The van der Waals surface area contributed by atoms with E-state index in [-0.39, 0.29) is 5.92 Å². The molecule has 2 heterocycles. The quantitative estimate of drug-likeness (QED) is 0.738. The van der Waals surface area contributed by atoms with Crippen LogP contribution in [0.25, 0.3) is 0 Å². The van der Waals surface area contributed by atoms with Gasteiger partial charge in [0.2, 0.25) is 0 Å². The summed E-state index contributed by atoms with van der Waals surface area (Å²) in [6, 6.07) is 0. The molecule has 0 N–H and O–H groups in total. The molecule has 0 aromatic carbocycles. The summed E-state index contributed by atoms with van der Waals surface area (Å²) >= 11 is 0. The van der Waals surface area contributed by atoms with Crippen molar-refractivity contribution in [1.29, 1.82) is 0 Å². The molecule has 0 spiro atoms. The predicted octanol–water partition coefficient (Wildman–Crippen LogP) is 1.09. The summed E-state index contributed by atoms with van der Waals surface area (Å²) in [7, 11) is 2.07. The molecule has 0 amide bonds. The molecule has 4 nitrogen and oxygen atoms in total. The van der Waals surface area contributed by atoms with Crippen LogP contribution in [-0.2, 0) is 14.3 Å². The minimum Gasteiger partial charge on any atom is -0.380 e. The van der Waals surface area contributed by atoms with E-state index in [9.17, 15) is 4.79 Å². The van der Waals surface area contributed by atoms with Crippen LogP contribution in [-0.4, -0.2) is 56.7 Å². The molecule has 2 aliphatic rings. The number of Topliss-reactive ketones (excluding diaryl/α,β-unsaturated/α-hetero) is 1. The fourth-order valence-corrected chi connectivity index (χ4v) is 2.60. The van der Waals surface area contributed by atoms with E-state index in [0.717, 1.165) is 26.1 Å². The van der Waals surface area contributed by atoms with Gasteiger partial charge in [-0.2, -0.15) is 0 Å². The largest absolute Gasteiger partial charge is 0.380 e. The summed E-state index contributed by atoms with van der Waals surface area (Å²) in [5.41, 5.74) is 0. The third-order valence-electron chi connectivity index (χ3n) is 3.59. The highest BCUT2D eigenvalue weighted by molar-refractivity contribution is 5.82. The Morgan fingerprint density at radius 2 is 2.18 bits per heavy atom. The van der Waals surface area contributed by atoms with Crippen molar-refractivity contribution in [1.82, 2.24) is 4.90 Å². The van der Waals surface area contributed by atoms with Crippen LogP contribution in [0.1, 0.15) is 25.7 Å². The lowest BCUT2D eigenvalue weighted by Crippen LogP contribution is -2.40. The maximum atomic E-state index is 11.7. The second-order valence-electron chi connectivity index (χ2n) is 5.20. The number of carbonyl (C=O) groups excluding carboxylic acids is 1. The van der Waals surface area contributed by atoms with Crippen molar-refractivity contribution in [3.63, 3.8) is 0 Å². The lowest BCUT2D eigenvalue weighted by molar-refractivity contribution is -0.131. The fraction of sp³-hybridized carbons (Fsp3) is 0.923. The summed E-state index contributed by atoms with van der Waals surface area (Å²) in [4.78, 5) is 13.9. The third-order valence-corrected chi connectivity index (χ3v) is 3.59. The highest BCUT2D eigenvalue weighted by Gasteiger charge is 2.25. The zero-order chi connectivity index (χ0) is 12.1. The van der Waals surface area contributed by atoms with E-state index < -0.39 is 0 Å². The SMILES string of the molecule is CN(CC1CCCCO1)CC1COCCC1=O. The van der Waals surface area contributed by atoms with E-state index >= 15 is 0 Å². The van der Waals surface area contributed by atoms with Crippen LogP contribution in [0.4, 0.5) is 0 Å². The number of rotatable bonds is 4. The molecule has 0 aromatic rings. The minimum absolute atomic E-state index is 0.0670. The Hall–Kier alpha value is -0.450. The van der Waals surface area contributed by atoms with E-state index in [4.69, 9.17) is 9.47 Å². The third kappa shape index (κ3) is 4.05. The zero-order valence-corrected chi connectivity index (χ0v) is 10.7. The van der Waals surface area contributed by atoms with Crippen LogP contribution in [0.3, 0.4) is 0 Å². The summed E-state index contributed by atoms with van der Waals surface area (Å²) in [5.74, 6) is 0.421. The molecule has 2 atom stereocenters. The molecule has 2 fully saturated rings. The van der Waals surface area contributed by atoms with E-state index in [1.165, 1.54) is 12.8 Å². The van der Waals surface area contributed by atoms with Crippen molar-refractivity contribution >= 4 is 5.78 Å². The van der Waals surface area contributed by atoms with Crippen LogP contribution in [0.2, 0.25) is 0 Å². The zero-order valence-electron chi connectivity index (χ0n) is 10.7. The van der Waals surface area contributed by atoms with Crippen molar-refractivity contribution in [2.75, 3.05) is 40.0 Å². The highest BCUT2D eigenvalue weighted by Crippen LogP contribution is 2.15. The van der Waals surface area contributed by atoms with Gasteiger partial charge in [-0.25, -0.2) is 0 Å². The molecule has 0 saturated carbocycles. The van der Waals surface area contributed by atoms with Gasteiger partial charge in [-0.1, -0.05) is 0 Å². The van der Waals surface area contributed by atoms with Crippen LogP contribution < -0.4 is 0 Å². The predicted molar refractivity (Wildman–Crippen MR) is 65.0 cm³/mol.